The maximum atomic E-state index is 12.7. The normalized spacial score (nSPS) is 26.1. The van der Waals surface area contributed by atoms with Gasteiger partial charge in [-0.2, -0.15) is 0 Å². The molecule has 4 aliphatic rings. The summed E-state index contributed by atoms with van der Waals surface area (Å²) in [4.78, 5) is 31.3. The molecule has 1 heterocycles. The van der Waals surface area contributed by atoms with Gasteiger partial charge >= 0.3 is 0 Å². The highest BCUT2D eigenvalue weighted by molar-refractivity contribution is 5.82. The number of carbonyl (C=O) groups excluding carboxylic acids is 2. The van der Waals surface area contributed by atoms with E-state index >= 15 is 0 Å². The van der Waals surface area contributed by atoms with Crippen molar-refractivity contribution in [2.24, 2.45) is 5.92 Å². The third-order valence-corrected chi connectivity index (χ3v) is 6.00. The average molecular weight is 319 g/mol. The molecule has 0 N–H and O–H groups in total. The smallest absolute Gasteiger partial charge is 0.236 e. The highest BCUT2D eigenvalue weighted by atomic mass is 16.2. The van der Waals surface area contributed by atoms with E-state index in [9.17, 15) is 9.59 Å². The van der Waals surface area contributed by atoms with Crippen LogP contribution >= 0.6 is 0 Å². The maximum absolute atomic E-state index is 12.7. The van der Waals surface area contributed by atoms with Gasteiger partial charge < -0.3 is 9.80 Å². The molecule has 128 valence electrons. The third-order valence-electron chi connectivity index (χ3n) is 6.00. The van der Waals surface area contributed by atoms with Gasteiger partial charge in [0, 0.05) is 44.2 Å². The predicted octanol–water partition coefficient (Wildman–Crippen LogP) is 1.47. The molecule has 5 heteroatoms. The van der Waals surface area contributed by atoms with Crippen molar-refractivity contribution in [3.05, 3.63) is 0 Å². The fraction of sp³-hybridized carbons (Fsp3) is 0.889. The van der Waals surface area contributed by atoms with Crippen LogP contribution in [0.15, 0.2) is 0 Å². The topological polar surface area (TPSA) is 43.9 Å². The van der Waals surface area contributed by atoms with Gasteiger partial charge in [0.15, 0.2) is 0 Å². The first kappa shape index (κ1) is 15.4. The molecule has 5 nitrogen and oxygen atoms in total. The minimum atomic E-state index is 0.280. The minimum Gasteiger partial charge on any atom is -0.339 e. The number of hydrogen-bond acceptors (Lipinski definition) is 3. The van der Waals surface area contributed by atoms with Gasteiger partial charge in [-0.1, -0.05) is 12.8 Å². The van der Waals surface area contributed by atoms with Gasteiger partial charge in [0.05, 0.1) is 6.54 Å². The van der Waals surface area contributed by atoms with Crippen LogP contribution < -0.4 is 0 Å². The molecular formula is C18H29N3O2. The van der Waals surface area contributed by atoms with Crippen molar-refractivity contribution < 1.29 is 9.59 Å². The van der Waals surface area contributed by atoms with E-state index in [0.717, 1.165) is 39.0 Å². The number of rotatable bonds is 5. The standard InChI is InChI=1S/C18H29N3O2/c22-17(13-21(16-7-8-16)15-3-1-2-4-15)19-9-11-20(12-10-19)18(23)14-5-6-14/h14-16H,1-13H2. The Hall–Kier alpha value is -1.10. The molecule has 2 amide bonds. The number of hydrogen-bond donors (Lipinski definition) is 0. The predicted molar refractivity (Wildman–Crippen MR) is 87.9 cm³/mol. The second-order valence-corrected chi connectivity index (χ2v) is 7.82. The molecule has 4 fully saturated rings. The van der Waals surface area contributed by atoms with Crippen molar-refractivity contribution in [1.82, 2.24) is 14.7 Å². The van der Waals surface area contributed by atoms with Gasteiger partial charge in [-0.15, -0.1) is 0 Å². The first-order valence-electron chi connectivity index (χ1n) is 9.54. The van der Waals surface area contributed by atoms with Crippen LogP contribution in [0.2, 0.25) is 0 Å². The van der Waals surface area contributed by atoms with E-state index < -0.39 is 0 Å². The number of amides is 2. The lowest BCUT2D eigenvalue weighted by atomic mass is 10.2. The maximum Gasteiger partial charge on any atom is 0.236 e. The average Bonchev–Trinajstić information content (AvgIpc) is 3.50. The molecule has 0 aromatic carbocycles. The van der Waals surface area contributed by atoms with E-state index in [2.05, 4.69) is 4.90 Å². The summed E-state index contributed by atoms with van der Waals surface area (Å²) >= 11 is 0. The van der Waals surface area contributed by atoms with E-state index in [4.69, 9.17) is 0 Å². The Balaban J connectivity index is 1.28. The summed E-state index contributed by atoms with van der Waals surface area (Å²) in [5.41, 5.74) is 0. The van der Waals surface area contributed by atoms with E-state index in [0.29, 0.717) is 30.5 Å². The van der Waals surface area contributed by atoms with Crippen LogP contribution in [-0.4, -0.2) is 71.3 Å². The van der Waals surface area contributed by atoms with Gasteiger partial charge in [0.25, 0.3) is 0 Å². The summed E-state index contributed by atoms with van der Waals surface area (Å²) in [5.74, 6) is 0.898. The molecule has 0 radical (unpaired) electrons. The van der Waals surface area contributed by atoms with Gasteiger partial charge in [-0.05, 0) is 38.5 Å². The van der Waals surface area contributed by atoms with Crippen LogP contribution in [0.25, 0.3) is 0 Å². The lowest BCUT2D eigenvalue weighted by Gasteiger charge is -2.37. The minimum absolute atomic E-state index is 0.280. The SMILES string of the molecule is O=C(CN(C1CCCC1)C1CC1)N1CCN(C(=O)C2CC2)CC1. The van der Waals surface area contributed by atoms with Gasteiger partial charge in [-0.3, -0.25) is 14.5 Å². The summed E-state index contributed by atoms with van der Waals surface area (Å²) in [5, 5.41) is 0. The largest absolute Gasteiger partial charge is 0.339 e. The molecule has 3 saturated carbocycles. The Bertz CT molecular complexity index is 459. The zero-order chi connectivity index (χ0) is 15.8. The van der Waals surface area contributed by atoms with Crippen LogP contribution in [0, 0.1) is 5.92 Å². The molecule has 4 rings (SSSR count). The van der Waals surface area contributed by atoms with Gasteiger partial charge in [0.1, 0.15) is 0 Å². The van der Waals surface area contributed by atoms with E-state index in [-0.39, 0.29) is 5.91 Å². The second kappa shape index (κ2) is 6.42. The molecule has 0 aromatic rings. The van der Waals surface area contributed by atoms with Crippen molar-refractivity contribution in [3.63, 3.8) is 0 Å². The number of carbonyl (C=O) groups is 2. The molecule has 0 spiro atoms. The van der Waals surface area contributed by atoms with E-state index in [1.54, 1.807) is 0 Å². The Morgan fingerprint density at radius 1 is 0.783 bits per heavy atom. The van der Waals surface area contributed by atoms with Crippen LogP contribution in [0.1, 0.15) is 51.4 Å². The zero-order valence-electron chi connectivity index (χ0n) is 14.1. The summed E-state index contributed by atoms with van der Waals surface area (Å²) in [7, 11) is 0. The van der Waals surface area contributed by atoms with Crippen molar-refractivity contribution >= 4 is 11.8 Å². The van der Waals surface area contributed by atoms with Crippen LogP contribution in [0.3, 0.4) is 0 Å². The van der Waals surface area contributed by atoms with Crippen molar-refractivity contribution in [3.8, 4) is 0 Å². The summed E-state index contributed by atoms with van der Waals surface area (Å²) < 4.78 is 0. The van der Waals surface area contributed by atoms with E-state index in [1.165, 1.54) is 38.5 Å². The van der Waals surface area contributed by atoms with Crippen LogP contribution in [-0.2, 0) is 9.59 Å². The Morgan fingerprint density at radius 3 is 1.91 bits per heavy atom. The fourth-order valence-corrected chi connectivity index (χ4v) is 4.22. The third kappa shape index (κ3) is 3.54. The Labute approximate surface area is 139 Å². The zero-order valence-corrected chi connectivity index (χ0v) is 14.1. The highest BCUT2D eigenvalue weighted by Crippen LogP contribution is 2.34. The monoisotopic (exact) mass is 319 g/mol. The molecule has 0 aromatic heterocycles. The Morgan fingerprint density at radius 2 is 1.35 bits per heavy atom. The van der Waals surface area contributed by atoms with Crippen molar-refractivity contribution in [2.75, 3.05) is 32.7 Å². The van der Waals surface area contributed by atoms with Crippen molar-refractivity contribution in [1.29, 1.82) is 0 Å². The lowest BCUT2D eigenvalue weighted by Crippen LogP contribution is -2.53. The van der Waals surface area contributed by atoms with Gasteiger partial charge in [0.2, 0.25) is 11.8 Å². The first-order valence-corrected chi connectivity index (χ1v) is 9.54. The summed E-state index contributed by atoms with van der Waals surface area (Å²) in [6, 6.07) is 1.31. The summed E-state index contributed by atoms with van der Waals surface area (Å²) in [6.45, 7) is 3.51. The molecule has 0 unspecified atom stereocenters. The van der Waals surface area contributed by atoms with Crippen molar-refractivity contribution in [2.45, 2.75) is 63.5 Å². The molecule has 1 saturated heterocycles. The first-order chi connectivity index (χ1) is 11.2. The van der Waals surface area contributed by atoms with Crippen LogP contribution in [0.5, 0.6) is 0 Å². The second-order valence-electron chi connectivity index (χ2n) is 7.82. The molecule has 23 heavy (non-hydrogen) atoms. The molecule has 0 bridgehead atoms. The quantitative estimate of drug-likeness (QED) is 0.771. The number of piperazine rings is 1. The van der Waals surface area contributed by atoms with Crippen LogP contribution in [0.4, 0.5) is 0 Å². The molecule has 3 aliphatic carbocycles. The highest BCUT2D eigenvalue weighted by Gasteiger charge is 2.38. The van der Waals surface area contributed by atoms with E-state index in [1.807, 2.05) is 9.80 Å². The fourth-order valence-electron chi connectivity index (χ4n) is 4.22. The summed E-state index contributed by atoms with van der Waals surface area (Å²) in [6.07, 6.45) is 9.86. The lowest BCUT2D eigenvalue weighted by molar-refractivity contribution is -0.141. The molecule has 1 aliphatic heterocycles. The molecule has 0 atom stereocenters. The molecular weight excluding hydrogens is 290 g/mol. The van der Waals surface area contributed by atoms with Gasteiger partial charge in [-0.25, -0.2) is 0 Å². The Kier molecular flexibility index (Phi) is 4.31. The number of nitrogens with zero attached hydrogens (tertiary/aromatic N) is 3.